The van der Waals surface area contributed by atoms with E-state index in [9.17, 15) is 4.79 Å². The molecule has 4 heteroatoms. The van der Waals surface area contributed by atoms with E-state index in [-0.39, 0.29) is 17.4 Å². The van der Waals surface area contributed by atoms with Gasteiger partial charge in [-0.15, -0.1) is 0 Å². The zero-order chi connectivity index (χ0) is 13.8. The number of benzene rings is 1. The third kappa shape index (κ3) is 1.97. The molecule has 0 aliphatic carbocycles. The average Bonchev–Trinajstić information content (AvgIpc) is 2.74. The Morgan fingerprint density at radius 2 is 2.26 bits per heavy atom. The minimum absolute atomic E-state index is 0.0955. The van der Waals surface area contributed by atoms with Crippen molar-refractivity contribution in [1.29, 1.82) is 0 Å². The summed E-state index contributed by atoms with van der Waals surface area (Å²) < 4.78 is 6.04. The molecule has 0 fully saturated rings. The first-order chi connectivity index (χ1) is 8.92. The molecule has 3 rings (SSSR count). The van der Waals surface area contributed by atoms with E-state index in [1.807, 2.05) is 13.8 Å². The SMILES string of the molecule is Cc1cc2c(c3c1NC(=O)C(C)(C)C3)OC(CBr)C2. The molecule has 0 aromatic heterocycles. The molecule has 102 valence electrons. The fourth-order valence-electron chi connectivity index (χ4n) is 2.93. The third-order valence-electron chi connectivity index (χ3n) is 4.03. The van der Waals surface area contributed by atoms with Gasteiger partial charge in [0.25, 0.3) is 0 Å². The fraction of sp³-hybridized carbons (Fsp3) is 0.533. The number of nitrogens with one attached hydrogen (secondary N) is 1. The first kappa shape index (κ1) is 13.0. The van der Waals surface area contributed by atoms with E-state index in [0.29, 0.717) is 0 Å². The van der Waals surface area contributed by atoms with Crippen molar-refractivity contribution in [3.05, 3.63) is 22.8 Å². The van der Waals surface area contributed by atoms with Crippen LogP contribution in [-0.4, -0.2) is 17.3 Å². The van der Waals surface area contributed by atoms with Crippen molar-refractivity contribution in [3.63, 3.8) is 0 Å². The number of aryl methyl sites for hydroxylation is 1. The summed E-state index contributed by atoms with van der Waals surface area (Å²) in [5.74, 6) is 1.09. The summed E-state index contributed by atoms with van der Waals surface area (Å²) >= 11 is 3.49. The van der Waals surface area contributed by atoms with Crippen molar-refractivity contribution in [3.8, 4) is 5.75 Å². The second-order valence-electron chi connectivity index (χ2n) is 6.15. The van der Waals surface area contributed by atoms with Gasteiger partial charge in [0.1, 0.15) is 11.9 Å². The number of hydrogen-bond donors (Lipinski definition) is 1. The number of carbonyl (C=O) groups excluding carboxylic acids is 1. The molecule has 1 N–H and O–H groups in total. The number of anilines is 1. The van der Waals surface area contributed by atoms with Crippen LogP contribution in [0.5, 0.6) is 5.75 Å². The number of halogens is 1. The van der Waals surface area contributed by atoms with Crippen molar-refractivity contribution in [2.75, 3.05) is 10.6 Å². The van der Waals surface area contributed by atoms with E-state index in [2.05, 4.69) is 34.2 Å². The van der Waals surface area contributed by atoms with Crippen LogP contribution in [0.4, 0.5) is 5.69 Å². The molecule has 19 heavy (non-hydrogen) atoms. The zero-order valence-corrected chi connectivity index (χ0v) is 13.1. The Labute approximate surface area is 121 Å². The van der Waals surface area contributed by atoms with Crippen LogP contribution in [0, 0.1) is 12.3 Å². The molecule has 1 atom stereocenters. The Morgan fingerprint density at radius 1 is 1.53 bits per heavy atom. The predicted octanol–water partition coefficient (Wildman–Crippen LogP) is 3.21. The highest BCUT2D eigenvalue weighted by molar-refractivity contribution is 9.09. The molecule has 0 spiro atoms. The lowest BCUT2D eigenvalue weighted by Crippen LogP contribution is -2.37. The lowest BCUT2D eigenvalue weighted by molar-refractivity contribution is -0.124. The number of alkyl halides is 1. The molecule has 2 aliphatic rings. The molecule has 1 amide bonds. The molecule has 0 bridgehead atoms. The summed E-state index contributed by atoms with van der Waals surface area (Å²) in [6, 6.07) is 2.15. The Morgan fingerprint density at radius 3 is 2.95 bits per heavy atom. The van der Waals surface area contributed by atoms with Crippen LogP contribution >= 0.6 is 15.9 Å². The first-order valence-corrected chi connectivity index (χ1v) is 7.74. The van der Waals surface area contributed by atoms with Crippen molar-refractivity contribution in [2.24, 2.45) is 5.41 Å². The summed E-state index contributed by atoms with van der Waals surface area (Å²) in [6.07, 6.45) is 1.90. The lowest BCUT2D eigenvalue weighted by atomic mass is 9.79. The summed E-state index contributed by atoms with van der Waals surface area (Å²) in [5.41, 5.74) is 4.16. The van der Waals surface area contributed by atoms with Crippen molar-refractivity contribution in [2.45, 2.75) is 39.7 Å². The number of hydrogen-bond acceptors (Lipinski definition) is 2. The van der Waals surface area contributed by atoms with Crippen molar-refractivity contribution in [1.82, 2.24) is 0 Å². The van der Waals surface area contributed by atoms with Crippen molar-refractivity contribution >= 4 is 27.5 Å². The summed E-state index contributed by atoms with van der Waals surface area (Å²) in [6.45, 7) is 6.02. The Kier molecular flexibility index (Phi) is 2.89. The summed E-state index contributed by atoms with van der Waals surface area (Å²) in [7, 11) is 0. The Balaban J connectivity index is 2.12. The summed E-state index contributed by atoms with van der Waals surface area (Å²) in [5, 5.41) is 3.89. The molecule has 1 aromatic carbocycles. The highest BCUT2D eigenvalue weighted by Gasteiger charge is 2.38. The maximum Gasteiger partial charge on any atom is 0.230 e. The van der Waals surface area contributed by atoms with Crippen LogP contribution in [0.2, 0.25) is 0 Å². The number of rotatable bonds is 1. The molecule has 3 nitrogen and oxygen atoms in total. The van der Waals surface area contributed by atoms with Gasteiger partial charge in [-0.3, -0.25) is 4.79 Å². The van der Waals surface area contributed by atoms with E-state index in [1.165, 1.54) is 11.1 Å². The largest absolute Gasteiger partial charge is 0.489 e. The normalized spacial score (nSPS) is 23.4. The predicted molar refractivity (Wildman–Crippen MR) is 79.2 cm³/mol. The van der Waals surface area contributed by atoms with Crippen LogP contribution < -0.4 is 10.1 Å². The van der Waals surface area contributed by atoms with Gasteiger partial charge in [0, 0.05) is 22.7 Å². The molecule has 2 heterocycles. The summed E-state index contributed by atoms with van der Waals surface area (Å²) in [4.78, 5) is 12.1. The van der Waals surface area contributed by atoms with Crippen LogP contribution in [0.3, 0.4) is 0 Å². The second-order valence-corrected chi connectivity index (χ2v) is 6.80. The quantitative estimate of drug-likeness (QED) is 0.806. The van der Waals surface area contributed by atoms with Gasteiger partial charge in [0.05, 0.1) is 5.69 Å². The smallest absolute Gasteiger partial charge is 0.230 e. The van der Waals surface area contributed by atoms with Gasteiger partial charge in [-0.2, -0.15) is 0 Å². The lowest BCUT2D eigenvalue weighted by Gasteiger charge is -2.32. The second kappa shape index (κ2) is 4.23. The minimum atomic E-state index is -0.371. The van der Waals surface area contributed by atoms with Crippen LogP contribution in [0.25, 0.3) is 0 Å². The van der Waals surface area contributed by atoms with Gasteiger partial charge >= 0.3 is 0 Å². The third-order valence-corrected chi connectivity index (χ3v) is 4.75. The van der Waals surface area contributed by atoms with E-state index >= 15 is 0 Å². The molecule has 1 aromatic rings. The van der Waals surface area contributed by atoms with Crippen LogP contribution in [0.1, 0.15) is 30.5 Å². The van der Waals surface area contributed by atoms with Crippen LogP contribution in [-0.2, 0) is 17.6 Å². The van der Waals surface area contributed by atoms with Gasteiger partial charge < -0.3 is 10.1 Å². The number of fused-ring (bicyclic) bond motifs is 3. The van der Waals surface area contributed by atoms with Crippen molar-refractivity contribution < 1.29 is 9.53 Å². The molecule has 2 aliphatic heterocycles. The molecule has 0 radical (unpaired) electrons. The maximum atomic E-state index is 12.1. The number of amides is 1. The molecular weight excluding hydrogens is 306 g/mol. The highest BCUT2D eigenvalue weighted by Crippen LogP contribution is 2.45. The number of ether oxygens (including phenoxy) is 1. The molecule has 0 saturated heterocycles. The maximum absolute atomic E-state index is 12.1. The molecular formula is C15H18BrNO2. The number of carbonyl (C=O) groups is 1. The monoisotopic (exact) mass is 323 g/mol. The minimum Gasteiger partial charge on any atom is -0.489 e. The standard InChI is InChI=1S/C15H18BrNO2/c1-8-4-9-5-10(7-16)19-13(9)11-6-15(2,3)14(18)17-12(8)11/h4,10H,5-7H2,1-3H3,(H,17,18). The Hall–Kier alpha value is -1.03. The first-order valence-electron chi connectivity index (χ1n) is 6.62. The molecule has 0 saturated carbocycles. The van der Waals surface area contributed by atoms with Gasteiger partial charge in [0.15, 0.2) is 0 Å². The average molecular weight is 324 g/mol. The van der Waals surface area contributed by atoms with Gasteiger partial charge in [-0.1, -0.05) is 35.8 Å². The van der Waals surface area contributed by atoms with E-state index in [4.69, 9.17) is 4.74 Å². The van der Waals surface area contributed by atoms with Gasteiger partial charge in [-0.05, 0) is 24.5 Å². The van der Waals surface area contributed by atoms with E-state index in [0.717, 1.165) is 35.2 Å². The van der Waals surface area contributed by atoms with Gasteiger partial charge in [0.2, 0.25) is 5.91 Å². The van der Waals surface area contributed by atoms with E-state index < -0.39 is 0 Å². The Bertz CT molecular complexity index is 566. The fourth-order valence-corrected chi connectivity index (χ4v) is 3.29. The van der Waals surface area contributed by atoms with Crippen LogP contribution in [0.15, 0.2) is 6.07 Å². The van der Waals surface area contributed by atoms with Gasteiger partial charge in [-0.25, -0.2) is 0 Å². The van der Waals surface area contributed by atoms with E-state index in [1.54, 1.807) is 0 Å². The highest BCUT2D eigenvalue weighted by atomic mass is 79.9. The topological polar surface area (TPSA) is 38.3 Å². The zero-order valence-electron chi connectivity index (χ0n) is 11.5. The molecule has 1 unspecified atom stereocenters.